The van der Waals surface area contributed by atoms with Crippen LogP contribution in [0.25, 0.3) is 0 Å². The van der Waals surface area contributed by atoms with E-state index in [-0.39, 0.29) is 17.0 Å². The van der Waals surface area contributed by atoms with Gasteiger partial charge in [0.25, 0.3) is 0 Å². The number of carbonyl (C=O) groups is 1. The first-order valence-electron chi connectivity index (χ1n) is 3.09. The fourth-order valence-electron chi connectivity index (χ4n) is 0.649. The summed E-state index contributed by atoms with van der Waals surface area (Å²) in [5.74, 6) is -0.263. The van der Waals surface area contributed by atoms with Gasteiger partial charge >= 0.3 is 5.97 Å². The van der Waals surface area contributed by atoms with Gasteiger partial charge in [0, 0.05) is 13.3 Å². The number of halogens is 1. The van der Waals surface area contributed by atoms with Crippen molar-refractivity contribution >= 4 is 21.9 Å². The summed E-state index contributed by atoms with van der Waals surface area (Å²) in [7, 11) is 0. The summed E-state index contributed by atoms with van der Waals surface area (Å²) < 4.78 is 4.81. The quantitative estimate of drug-likeness (QED) is 0.429. The van der Waals surface area contributed by atoms with E-state index in [4.69, 9.17) is 10.5 Å². The monoisotopic (exact) mass is 209 g/mol. The van der Waals surface area contributed by atoms with Crippen LogP contribution < -0.4 is 5.73 Å². The second kappa shape index (κ2) is 4.68. The average Bonchev–Trinajstić information content (AvgIpc) is 1.58. The van der Waals surface area contributed by atoms with E-state index < -0.39 is 0 Å². The zero-order chi connectivity index (χ0) is 8.15. The molecule has 0 fully saturated rings. The van der Waals surface area contributed by atoms with Gasteiger partial charge in [0.1, 0.15) is 6.10 Å². The molecule has 3 nitrogen and oxygen atoms in total. The van der Waals surface area contributed by atoms with Crippen LogP contribution in [0.1, 0.15) is 20.3 Å². The fraction of sp³-hybridized carbons (Fsp3) is 0.833. The third kappa shape index (κ3) is 6.04. The summed E-state index contributed by atoms with van der Waals surface area (Å²) in [5, 5.41) is 0. The van der Waals surface area contributed by atoms with E-state index in [2.05, 4.69) is 15.9 Å². The molecule has 0 radical (unpaired) electrons. The maximum atomic E-state index is 10.4. The van der Waals surface area contributed by atoms with E-state index in [0.717, 1.165) is 0 Å². The maximum Gasteiger partial charge on any atom is 0.302 e. The highest BCUT2D eigenvalue weighted by Crippen LogP contribution is 2.04. The second-order valence-corrected chi connectivity index (χ2v) is 3.35. The smallest absolute Gasteiger partial charge is 0.302 e. The molecule has 0 saturated carbocycles. The van der Waals surface area contributed by atoms with Gasteiger partial charge < -0.3 is 10.5 Å². The summed E-state index contributed by atoms with van der Waals surface area (Å²) in [4.78, 5) is 10.3. The molecule has 0 aromatic heterocycles. The van der Waals surface area contributed by atoms with Crippen LogP contribution in [0.4, 0.5) is 0 Å². The van der Waals surface area contributed by atoms with Crippen LogP contribution in [-0.4, -0.2) is 17.0 Å². The fourth-order valence-corrected chi connectivity index (χ4v) is 1.17. The van der Waals surface area contributed by atoms with Crippen LogP contribution in [0.3, 0.4) is 0 Å². The number of nitrogens with two attached hydrogens (primary N) is 1. The van der Waals surface area contributed by atoms with Crippen LogP contribution in [0, 0.1) is 0 Å². The van der Waals surface area contributed by atoms with Crippen molar-refractivity contribution in [2.75, 3.05) is 0 Å². The third-order valence-electron chi connectivity index (χ3n) is 0.924. The van der Waals surface area contributed by atoms with Crippen molar-refractivity contribution < 1.29 is 9.53 Å². The van der Waals surface area contributed by atoms with E-state index in [9.17, 15) is 4.79 Å². The van der Waals surface area contributed by atoms with Crippen molar-refractivity contribution in [2.24, 2.45) is 5.73 Å². The predicted octanol–water partition coefficient (Wildman–Crippen LogP) is 1.01. The van der Waals surface area contributed by atoms with Gasteiger partial charge in [-0.15, -0.1) is 0 Å². The summed E-state index contributed by atoms with van der Waals surface area (Å²) in [6.07, 6.45) is 0.534. The second-order valence-electron chi connectivity index (χ2n) is 2.17. The minimum Gasteiger partial charge on any atom is -0.463 e. The molecule has 10 heavy (non-hydrogen) atoms. The molecule has 4 heteroatoms. The number of hydrogen-bond acceptors (Lipinski definition) is 3. The molecule has 0 rings (SSSR count). The van der Waals surface area contributed by atoms with Gasteiger partial charge in [-0.3, -0.25) is 4.79 Å². The van der Waals surface area contributed by atoms with E-state index >= 15 is 0 Å². The number of carbonyl (C=O) groups excluding carboxylic acids is 1. The molecule has 0 aromatic rings. The Morgan fingerprint density at radius 1 is 1.80 bits per heavy atom. The highest BCUT2D eigenvalue weighted by atomic mass is 79.9. The van der Waals surface area contributed by atoms with Gasteiger partial charge in [-0.25, -0.2) is 0 Å². The summed E-state index contributed by atoms with van der Waals surface area (Å²) >= 11 is 3.15. The van der Waals surface area contributed by atoms with Crippen molar-refractivity contribution in [1.29, 1.82) is 0 Å². The van der Waals surface area contributed by atoms with E-state index in [0.29, 0.717) is 6.42 Å². The van der Waals surface area contributed by atoms with Crippen molar-refractivity contribution in [3.8, 4) is 0 Å². The van der Waals surface area contributed by atoms with Crippen LogP contribution in [0.5, 0.6) is 0 Å². The summed E-state index contributed by atoms with van der Waals surface area (Å²) in [6.45, 7) is 3.19. The topological polar surface area (TPSA) is 52.3 Å². The Morgan fingerprint density at radius 3 is 2.60 bits per heavy atom. The highest BCUT2D eigenvalue weighted by molar-refractivity contribution is 9.09. The highest BCUT2D eigenvalue weighted by Gasteiger charge is 2.07. The molecule has 60 valence electrons. The van der Waals surface area contributed by atoms with Gasteiger partial charge in [-0.2, -0.15) is 0 Å². The zero-order valence-corrected chi connectivity index (χ0v) is 7.72. The average molecular weight is 210 g/mol. The largest absolute Gasteiger partial charge is 0.463 e. The lowest BCUT2D eigenvalue weighted by Gasteiger charge is -2.12. The number of hydrogen-bond donors (Lipinski definition) is 1. The first-order valence-corrected chi connectivity index (χ1v) is 4.01. The lowest BCUT2D eigenvalue weighted by molar-refractivity contribution is -0.145. The Bertz CT molecular complexity index is 116. The first-order chi connectivity index (χ1) is 4.52. The molecular weight excluding hydrogens is 198 g/mol. The van der Waals surface area contributed by atoms with Crippen LogP contribution >= 0.6 is 15.9 Å². The Labute approximate surface area is 69.0 Å². The zero-order valence-electron chi connectivity index (χ0n) is 6.13. The number of esters is 1. The molecule has 0 aliphatic rings. The lowest BCUT2D eigenvalue weighted by atomic mass is 10.3. The summed E-state index contributed by atoms with van der Waals surface area (Å²) in [5.41, 5.74) is 5.39. The minimum absolute atomic E-state index is 0.0955. The Balaban J connectivity index is 3.43. The maximum absolute atomic E-state index is 10.4. The Kier molecular flexibility index (Phi) is 4.64. The van der Waals surface area contributed by atoms with Crippen LogP contribution in [-0.2, 0) is 9.53 Å². The number of alkyl halides is 1. The molecule has 0 aromatic carbocycles. The van der Waals surface area contributed by atoms with Gasteiger partial charge in [-0.05, 0) is 6.92 Å². The minimum atomic E-state index is -0.263. The first kappa shape index (κ1) is 9.91. The van der Waals surface area contributed by atoms with Crippen LogP contribution in [0.15, 0.2) is 0 Å². The van der Waals surface area contributed by atoms with Crippen LogP contribution in [0.2, 0.25) is 0 Å². The Morgan fingerprint density at radius 2 is 2.30 bits per heavy atom. The molecular formula is C6H12BrNO2. The number of rotatable bonds is 3. The Hall–Kier alpha value is -0.0900. The molecule has 0 aliphatic carbocycles. The molecule has 2 unspecified atom stereocenters. The van der Waals surface area contributed by atoms with E-state index in [1.807, 2.05) is 6.92 Å². The summed E-state index contributed by atoms with van der Waals surface area (Å²) in [6, 6.07) is 0. The van der Waals surface area contributed by atoms with Crippen molar-refractivity contribution in [1.82, 2.24) is 0 Å². The van der Waals surface area contributed by atoms with Crippen molar-refractivity contribution in [2.45, 2.75) is 31.3 Å². The molecule has 2 atom stereocenters. The van der Waals surface area contributed by atoms with Crippen molar-refractivity contribution in [3.63, 3.8) is 0 Å². The lowest BCUT2D eigenvalue weighted by Crippen LogP contribution is -2.21. The predicted molar refractivity (Wildman–Crippen MR) is 42.7 cm³/mol. The SMILES string of the molecule is CC(=O)OC(C)CC(N)Br. The molecule has 0 saturated heterocycles. The molecule has 0 spiro atoms. The number of ether oxygens (including phenoxy) is 1. The molecule has 0 amide bonds. The van der Waals surface area contributed by atoms with Crippen molar-refractivity contribution in [3.05, 3.63) is 0 Å². The normalized spacial score (nSPS) is 16.0. The molecule has 0 aliphatic heterocycles. The van der Waals surface area contributed by atoms with E-state index in [1.54, 1.807) is 0 Å². The third-order valence-corrected chi connectivity index (χ3v) is 1.30. The van der Waals surface area contributed by atoms with Gasteiger partial charge in [0.2, 0.25) is 0 Å². The van der Waals surface area contributed by atoms with Gasteiger partial charge in [0.15, 0.2) is 0 Å². The molecule has 2 N–H and O–H groups in total. The molecule has 0 heterocycles. The molecule has 0 bridgehead atoms. The van der Waals surface area contributed by atoms with E-state index in [1.165, 1.54) is 6.92 Å². The van der Waals surface area contributed by atoms with Gasteiger partial charge in [-0.1, -0.05) is 15.9 Å². The standard InChI is InChI=1S/C6H12BrNO2/c1-4(3-6(7)8)10-5(2)9/h4,6H,3,8H2,1-2H3. The van der Waals surface area contributed by atoms with Gasteiger partial charge in [0.05, 0.1) is 4.95 Å².